The molecular weight excluding hydrogens is 286 g/mol. The van der Waals surface area contributed by atoms with Crippen LogP contribution in [0.2, 0.25) is 0 Å². The molecular formula is C15H17N3O2S. The Labute approximate surface area is 127 Å². The SMILES string of the molecule is CN(Cc1cccs1)[C@@H](C(=O)NC(N)=O)c1ccccc1. The van der Waals surface area contributed by atoms with Gasteiger partial charge in [-0.1, -0.05) is 36.4 Å². The minimum atomic E-state index is -0.842. The van der Waals surface area contributed by atoms with Crippen LogP contribution in [-0.4, -0.2) is 23.9 Å². The maximum atomic E-state index is 12.3. The predicted octanol–water partition coefficient (Wildman–Crippen LogP) is 2.12. The Balaban J connectivity index is 2.22. The zero-order chi connectivity index (χ0) is 15.2. The number of nitrogens with zero attached hydrogens (tertiary/aromatic N) is 1. The number of imide groups is 1. The van der Waals surface area contributed by atoms with Crippen molar-refractivity contribution >= 4 is 23.3 Å². The van der Waals surface area contributed by atoms with Crippen LogP contribution in [0.3, 0.4) is 0 Å². The fraction of sp³-hybridized carbons (Fsp3) is 0.200. The largest absolute Gasteiger partial charge is 0.351 e. The number of hydrogen-bond donors (Lipinski definition) is 2. The molecule has 1 aromatic carbocycles. The summed E-state index contributed by atoms with van der Waals surface area (Å²) in [6.45, 7) is 0.614. The van der Waals surface area contributed by atoms with Gasteiger partial charge in [-0.15, -0.1) is 11.3 Å². The van der Waals surface area contributed by atoms with Gasteiger partial charge in [-0.05, 0) is 24.1 Å². The van der Waals surface area contributed by atoms with Crippen molar-refractivity contribution in [3.05, 3.63) is 58.3 Å². The summed E-state index contributed by atoms with van der Waals surface area (Å²) in [7, 11) is 1.85. The molecule has 2 aromatic rings. The van der Waals surface area contributed by atoms with E-state index < -0.39 is 18.0 Å². The van der Waals surface area contributed by atoms with Gasteiger partial charge in [0.1, 0.15) is 6.04 Å². The van der Waals surface area contributed by atoms with E-state index in [1.807, 2.05) is 59.8 Å². The van der Waals surface area contributed by atoms with Crippen molar-refractivity contribution in [2.75, 3.05) is 7.05 Å². The van der Waals surface area contributed by atoms with Crippen molar-refractivity contribution in [1.82, 2.24) is 10.2 Å². The summed E-state index contributed by atoms with van der Waals surface area (Å²) < 4.78 is 0. The van der Waals surface area contributed by atoms with Crippen molar-refractivity contribution in [3.8, 4) is 0 Å². The molecule has 0 bridgehead atoms. The second kappa shape index (κ2) is 7.01. The molecule has 110 valence electrons. The Morgan fingerprint density at radius 2 is 1.95 bits per heavy atom. The van der Waals surface area contributed by atoms with Crippen LogP contribution in [0.25, 0.3) is 0 Å². The van der Waals surface area contributed by atoms with Gasteiger partial charge in [0.2, 0.25) is 5.91 Å². The lowest BCUT2D eigenvalue weighted by molar-refractivity contribution is -0.125. The second-order valence-corrected chi connectivity index (χ2v) is 5.69. The van der Waals surface area contributed by atoms with E-state index in [-0.39, 0.29) is 0 Å². The van der Waals surface area contributed by atoms with Crippen molar-refractivity contribution in [3.63, 3.8) is 0 Å². The molecule has 3 N–H and O–H groups in total. The summed E-state index contributed by atoms with van der Waals surface area (Å²) in [5.74, 6) is -0.423. The lowest BCUT2D eigenvalue weighted by Gasteiger charge is -2.26. The molecule has 3 amide bonds. The van der Waals surface area contributed by atoms with Crippen LogP contribution in [0.5, 0.6) is 0 Å². The van der Waals surface area contributed by atoms with Crippen molar-refractivity contribution in [2.45, 2.75) is 12.6 Å². The fourth-order valence-electron chi connectivity index (χ4n) is 2.17. The summed E-state index contributed by atoms with van der Waals surface area (Å²) in [6, 6.07) is 11.9. The number of rotatable bonds is 5. The van der Waals surface area contributed by atoms with E-state index in [0.717, 1.165) is 10.4 Å². The first-order chi connectivity index (χ1) is 10.1. The molecule has 21 heavy (non-hydrogen) atoms. The number of thiophene rings is 1. The lowest BCUT2D eigenvalue weighted by Crippen LogP contribution is -2.43. The van der Waals surface area contributed by atoms with Crippen molar-refractivity contribution in [1.29, 1.82) is 0 Å². The Morgan fingerprint density at radius 3 is 2.52 bits per heavy atom. The van der Waals surface area contributed by atoms with E-state index in [1.54, 1.807) is 11.3 Å². The first-order valence-electron chi connectivity index (χ1n) is 6.46. The van der Waals surface area contributed by atoms with Crippen LogP contribution in [0, 0.1) is 0 Å². The molecule has 1 heterocycles. The zero-order valence-corrected chi connectivity index (χ0v) is 12.5. The van der Waals surface area contributed by atoms with Crippen LogP contribution in [0.15, 0.2) is 47.8 Å². The number of nitrogens with two attached hydrogens (primary N) is 1. The monoisotopic (exact) mass is 303 g/mol. The summed E-state index contributed by atoms with van der Waals surface area (Å²) in [5, 5.41) is 4.15. The molecule has 2 rings (SSSR count). The first kappa shape index (κ1) is 15.2. The smallest absolute Gasteiger partial charge is 0.318 e. The minimum absolute atomic E-state index is 0.423. The number of carbonyl (C=O) groups excluding carboxylic acids is 2. The quantitative estimate of drug-likeness (QED) is 0.888. The van der Waals surface area contributed by atoms with Gasteiger partial charge in [0.15, 0.2) is 0 Å². The highest BCUT2D eigenvalue weighted by Crippen LogP contribution is 2.23. The van der Waals surface area contributed by atoms with Crippen LogP contribution in [0.4, 0.5) is 4.79 Å². The van der Waals surface area contributed by atoms with E-state index in [4.69, 9.17) is 5.73 Å². The average molecular weight is 303 g/mol. The highest BCUT2D eigenvalue weighted by molar-refractivity contribution is 7.09. The van der Waals surface area contributed by atoms with Crippen LogP contribution >= 0.6 is 11.3 Å². The third kappa shape index (κ3) is 4.14. The summed E-state index contributed by atoms with van der Waals surface area (Å²) >= 11 is 1.62. The highest BCUT2D eigenvalue weighted by atomic mass is 32.1. The number of primary amides is 1. The molecule has 0 saturated carbocycles. The van der Waals surface area contributed by atoms with E-state index in [9.17, 15) is 9.59 Å². The summed E-state index contributed by atoms with van der Waals surface area (Å²) in [6.07, 6.45) is 0. The number of likely N-dealkylation sites (N-methyl/N-ethyl adjacent to an activating group) is 1. The molecule has 6 heteroatoms. The Kier molecular flexibility index (Phi) is 5.08. The van der Waals surface area contributed by atoms with Gasteiger partial charge in [0.05, 0.1) is 0 Å². The third-order valence-corrected chi connectivity index (χ3v) is 3.90. The van der Waals surface area contributed by atoms with Gasteiger partial charge >= 0.3 is 6.03 Å². The molecule has 5 nitrogen and oxygen atoms in total. The van der Waals surface area contributed by atoms with Gasteiger partial charge in [0, 0.05) is 11.4 Å². The molecule has 0 aliphatic rings. The van der Waals surface area contributed by atoms with Crippen molar-refractivity contribution < 1.29 is 9.59 Å². The second-order valence-electron chi connectivity index (χ2n) is 4.66. The third-order valence-electron chi connectivity index (χ3n) is 3.04. The number of urea groups is 1. The Morgan fingerprint density at radius 1 is 1.24 bits per heavy atom. The maximum Gasteiger partial charge on any atom is 0.318 e. The lowest BCUT2D eigenvalue weighted by atomic mass is 10.0. The highest BCUT2D eigenvalue weighted by Gasteiger charge is 2.26. The molecule has 0 saturated heterocycles. The van der Waals surface area contributed by atoms with Gasteiger partial charge in [-0.25, -0.2) is 4.79 Å². The molecule has 0 unspecified atom stereocenters. The number of carbonyl (C=O) groups is 2. The normalized spacial score (nSPS) is 12.1. The van der Waals surface area contributed by atoms with Crippen LogP contribution in [-0.2, 0) is 11.3 Å². The molecule has 1 atom stereocenters. The van der Waals surface area contributed by atoms with E-state index >= 15 is 0 Å². The molecule has 0 spiro atoms. The van der Waals surface area contributed by atoms with Gasteiger partial charge in [-0.2, -0.15) is 0 Å². The molecule has 0 aliphatic heterocycles. The number of nitrogens with one attached hydrogen (secondary N) is 1. The molecule has 0 radical (unpaired) electrons. The van der Waals surface area contributed by atoms with E-state index in [2.05, 4.69) is 5.32 Å². The molecule has 0 aliphatic carbocycles. The molecule has 0 fully saturated rings. The van der Waals surface area contributed by atoms with E-state index in [1.165, 1.54) is 0 Å². The van der Waals surface area contributed by atoms with Crippen molar-refractivity contribution in [2.24, 2.45) is 5.73 Å². The minimum Gasteiger partial charge on any atom is -0.351 e. The zero-order valence-electron chi connectivity index (χ0n) is 11.7. The van der Waals surface area contributed by atoms with E-state index in [0.29, 0.717) is 6.54 Å². The molecule has 1 aromatic heterocycles. The van der Waals surface area contributed by atoms with Gasteiger partial charge < -0.3 is 5.73 Å². The topological polar surface area (TPSA) is 75.4 Å². The summed E-state index contributed by atoms with van der Waals surface area (Å²) in [4.78, 5) is 26.3. The fourth-order valence-corrected chi connectivity index (χ4v) is 2.94. The standard InChI is InChI=1S/C15H17N3O2S/c1-18(10-12-8-5-9-21-12)13(14(19)17-15(16)20)11-6-3-2-4-7-11/h2-9,13H,10H2,1H3,(H3,16,17,19,20)/t13-/m1/s1. The number of benzene rings is 1. The average Bonchev–Trinajstić information content (AvgIpc) is 2.92. The predicted molar refractivity (Wildman–Crippen MR) is 82.7 cm³/mol. The van der Waals surface area contributed by atoms with Gasteiger partial charge in [0.25, 0.3) is 0 Å². The number of amides is 3. The number of hydrogen-bond acceptors (Lipinski definition) is 4. The van der Waals surface area contributed by atoms with Gasteiger partial charge in [-0.3, -0.25) is 15.0 Å². The van der Waals surface area contributed by atoms with Crippen LogP contribution < -0.4 is 11.1 Å². The Bertz CT molecular complexity index is 599. The van der Waals surface area contributed by atoms with Crippen LogP contribution in [0.1, 0.15) is 16.5 Å². The maximum absolute atomic E-state index is 12.3. The first-order valence-corrected chi connectivity index (χ1v) is 7.33. The Hall–Kier alpha value is -2.18. The summed E-state index contributed by atoms with van der Waals surface area (Å²) in [5.41, 5.74) is 5.87.